The van der Waals surface area contributed by atoms with E-state index in [0.29, 0.717) is 12.7 Å². The van der Waals surface area contributed by atoms with E-state index in [0.717, 1.165) is 36.4 Å². The third kappa shape index (κ3) is 2.83. The Bertz CT molecular complexity index is 281. The summed E-state index contributed by atoms with van der Waals surface area (Å²) in [5.74, 6) is 0.885. The maximum atomic E-state index is 5.73. The highest BCUT2D eigenvalue weighted by molar-refractivity contribution is 9.10. The number of hydrogen-bond donors (Lipinski definition) is 1. The molecule has 0 atom stereocenters. The molecule has 0 bridgehead atoms. The van der Waals surface area contributed by atoms with Crippen molar-refractivity contribution in [2.45, 2.75) is 25.6 Å². The first kappa shape index (κ1) is 10.2. The molecular formula is C10H14BrNO2. The second-order valence-electron chi connectivity index (χ2n) is 3.47. The fourth-order valence-electron chi connectivity index (χ4n) is 1.59. The van der Waals surface area contributed by atoms with Crippen LogP contribution >= 0.6 is 15.9 Å². The summed E-state index contributed by atoms with van der Waals surface area (Å²) >= 11 is 3.27. The van der Waals surface area contributed by atoms with Crippen molar-refractivity contribution in [1.29, 1.82) is 0 Å². The van der Waals surface area contributed by atoms with Gasteiger partial charge in [-0.15, -0.1) is 0 Å². The maximum absolute atomic E-state index is 5.73. The molecule has 0 spiro atoms. The van der Waals surface area contributed by atoms with E-state index in [4.69, 9.17) is 9.15 Å². The Morgan fingerprint density at radius 3 is 2.86 bits per heavy atom. The van der Waals surface area contributed by atoms with Crippen molar-refractivity contribution in [3.8, 4) is 0 Å². The van der Waals surface area contributed by atoms with Gasteiger partial charge in [-0.1, -0.05) is 0 Å². The van der Waals surface area contributed by atoms with Gasteiger partial charge in [0.1, 0.15) is 12.4 Å². The lowest BCUT2D eigenvalue weighted by atomic mass is 10.1. The molecule has 1 aromatic heterocycles. The number of nitrogens with one attached hydrogen (secondary N) is 1. The first-order valence-corrected chi connectivity index (χ1v) is 5.70. The predicted molar refractivity (Wildman–Crippen MR) is 57.1 cm³/mol. The van der Waals surface area contributed by atoms with Gasteiger partial charge in [-0.3, -0.25) is 0 Å². The summed E-state index contributed by atoms with van der Waals surface area (Å²) in [7, 11) is 0. The van der Waals surface area contributed by atoms with Crippen LogP contribution in [0, 0.1) is 0 Å². The fraction of sp³-hybridized carbons (Fsp3) is 0.600. The van der Waals surface area contributed by atoms with Gasteiger partial charge in [-0.25, -0.2) is 0 Å². The summed E-state index contributed by atoms with van der Waals surface area (Å²) in [6.45, 7) is 2.70. The molecule has 2 rings (SSSR count). The van der Waals surface area contributed by atoms with E-state index in [-0.39, 0.29) is 0 Å². The second kappa shape index (κ2) is 4.96. The quantitative estimate of drug-likeness (QED) is 0.905. The number of ether oxygens (including phenoxy) is 1. The predicted octanol–water partition coefficient (Wildman–Crippen LogP) is 2.31. The van der Waals surface area contributed by atoms with E-state index < -0.39 is 0 Å². The molecule has 0 aliphatic carbocycles. The van der Waals surface area contributed by atoms with Crippen molar-refractivity contribution in [3.05, 3.63) is 22.6 Å². The molecule has 14 heavy (non-hydrogen) atoms. The molecule has 0 unspecified atom stereocenters. The van der Waals surface area contributed by atoms with Crippen molar-refractivity contribution in [2.24, 2.45) is 0 Å². The highest BCUT2D eigenvalue weighted by atomic mass is 79.9. The van der Waals surface area contributed by atoms with Gasteiger partial charge in [-0.05, 0) is 54.0 Å². The topological polar surface area (TPSA) is 34.4 Å². The van der Waals surface area contributed by atoms with E-state index in [1.165, 1.54) is 0 Å². The van der Waals surface area contributed by atoms with Crippen molar-refractivity contribution in [1.82, 2.24) is 5.32 Å². The molecule has 3 nitrogen and oxygen atoms in total. The summed E-state index contributed by atoms with van der Waals surface area (Å²) in [5.41, 5.74) is 0. The van der Waals surface area contributed by atoms with Crippen molar-refractivity contribution in [2.75, 3.05) is 13.1 Å². The van der Waals surface area contributed by atoms with E-state index in [1.54, 1.807) is 0 Å². The van der Waals surface area contributed by atoms with Crippen molar-refractivity contribution >= 4 is 15.9 Å². The molecule has 2 heterocycles. The standard InChI is InChI=1S/C10H14BrNO2/c11-10-2-1-9(14-10)7-13-8-3-5-12-6-4-8/h1-2,8,12H,3-7H2. The Balaban J connectivity index is 1.76. The molecule has 1 aliphatic rings. The third-order valence-electron chi connectivity index (χ3n) is 2.38. The average Bonchev–Trinajstić information content (AvgIpc) is 2.63. The highest BCUT2D eigenvalue weighted by Crippen LogP contribution is 2.16. The summed E-state index contributed by atoms with van der Waals surface area (Å²) in [6, 6.07) is 3.83. The Morgan fingerprint density at radius 1 is 1.43 bits per heavy atom. The lowest BCUT2D eigenvalue weighted by Gasteiger charge is -2.22. The summed E-state index contributed by atoms with van der Waals surface area (Å²) in [5, 5.41) is 3.31. The number of furan rings is 1. The SMILES string of the molecule is Brc1ccc(COC2CCNCC2)o1. The van der Waals surface area contributed by atoms with E-state index >= 15 is 0 Å². The zero-order chi connectivity index (χ0) is 9.80. The van der Waals surface area contributed by atoms with Crippen molar-refractivity contribution in [3.63, 3.8) is 0 Å². The van der Waals surface area contributed by atoms with Crippen LogP contribution in [0.2, 0.25) is 0 Å². The molecule has 1 fully saturated rings. The smallest absolute Gasteiger partial charge is 0.169 e. The zero-order valence-electron chi connectivity index (χ0n) is 7.96. The molecule has 0 amide bonds. The Labute approximate surface area is 91.9 Å². The molecule has 0 radical (unpaired) electrons. The van der Waals surface area contributed by atoms with Gasteiger partial charge in [0.15, 0.2) is 4.67 Å². The van der Waals surface area contributed by atoms with E-state index in [1.807, 2.05) is 12.1 Å². The molecule has 1 aromatic rings. The second-order valence-corrected chi connectivity index (χ2v) is 4.25. The lowest BCUT2D eigenvalue weighted by molar-refractivity contribution is 0.0126. The van der Waals surface area contributed by atoms with Crippen LogP contribution in [-0.4, -0.2) is 19.2 Å². The molecule has 1 aliphatic heterocycles. The molecule has 0 aromatic carbocycles. The van der Waals surface area contributed by atoms with Gasteiger partial charge in [0.05, 0.1) is 6.10 Å². The van der Waals surface area contributed by atoms with Gasteiger partial charge in [-0.2, -0.15) is 0 Å². The van der Waals surface area contributed by atoms with Gasteiger partial charge < -0.3 is 14.5 Å². The summed E-state index contributed by atoms with van der Waals surface area (Å²) in [6.07, 6.45) is 2.59. The minimum atomic E-state index is 0.389. The third-order valence-corrected chi connectivity index (χ3v) is 2.80. The van der Waals surface area contributed by atoms with Crippen LogP contribution in [0.25, 0.3) is 0 Å². The summed E-state index contributed by atoms with van der Waals surface area (Å²) in [4.78, 5) is 0. The molecule has 78 valence electrons. The van der Waals surface area contributed by atoms with Crippen LogP contribution in [0.1, 0.15) is 18.6 Å². The number of hydrogen-bond acceptors (Lipinski definition) is 3. The van der Waals surface area contributed by atoms with E-state index in [2.05, 4.69) is 21.2 Å². The van der Waals surface area contributed by atoms with Gasteiger partial charge in [0.25, 0.3) is 0 Å². The largest absolute Gasteiger partial charge is 0.452 e. The minimum absolute atomic E-state index is 0.389. The normalized spacial score (nSPS) is 18.6. The van der Waals surface area contributed by atoms with Crippen LogP contribution in [0.5, 0.6) is 0 Å². The molecule has 1 N–H and O–H groups in total. The maximum Gasteiger partial charge on any atom is 0.169 e. The fourth-order valence-corrected chi connectivity index (χ4v) is 1.93. The van der Waals surface area contributed by atoms with Crippen LogP contribution in [-0.2, 0) is 11.3 Å². The van der Waals surface area contributed by atoms with Crippen LogP contribution in [0.3, 0.4) is 0 Å². The molecule has 4 heteroatoms. The van der Waals surface area contributed by atoms with Crippen LogP contribution < -0.4 is 5.32 Å². The number of halogens is 1. The molecule has 0 saturated carbocycles. The number of piperidine rings is 1. The van der Waals surface area contributed by atoms with Gasteiger partial charge in [0.2, 0.25) is 0 Å². The van der Waals surface area contributed by atoms with Crippen molar-refractivity contribution < 1.29 is 9.15 Å². The minimum Gasteiger partial charge on any atom is -0.452 e. The average molecular weight is 260 g/mol. The van der Waals surface area contributed by atoms with Gasteiger partial charge in [0, 0.05) is 0 Å². The Hall–Kier alpha value is -0.320. The molecule has 1 saturated heterocycles. The van der Waals surface area contributed by atoms with Gasteiger partial charge >= 0.3 is 0 Å². The Morgan fingerprint density at radius 2 is 2.21 bits per heavy atom. The Kier molecular flexibility index (Phi) is 3.61. The number of rotatable bonds is 3. The van der Waals surface area contributed by atoms with Crippen LogP contribution in [0.15, 0.2) is 21.2 Å². The first-order valence-electron chi connectivity index (χ1n) is 4.91. The van der Waals surface area contributed by atoms with Crippen LogP contribution in [0.4, 0.5) is 0 Å². The highest BCUT2D eigenvalue weighted by Gasteiger charge is 2.13. The van der Waals surface area contributed by atoms with E-state index in [9.17, 15) is 0 Å². The lowest BCUT2D eigenvalue weighted by Crippen LogP contribution is -2.32. The summed E-state index contributed by atoms with van der Waals surface area (Å²) < 4.78 is 11.8. The zero-order valence-corrected chi connectivity index (χ0v) is 9.55. The molecular weight excluding hydrogens is 246 g/mol. The first-order chi connectivity index (χ1) is 6.84. The monoisotopic (exact) mass is 259 g/mol.